The van der Waals surface area contributed by atoms with Gasteiger partial charge in [-0.3, -0.25) is 0 Å². The summed E-state index contributed by atoms with van der Waals surface area (Å²) < 4.78 is 63.3. The van der Waals surface area contributed by atoms with Crippen LogP contribution in [0.15, 0.2) is 37.1 Å². The molecule has 0 unspecified atom stereocenters. The average molecular weight is 449 g/mol. The quantitative estimate of drug-likeness (QED) is 0.200. The third-order valence-electron chi connectivity index (χ3n) is 6.66. The van der Waals surface area contributed by atoms with E-state index < -0.39 is 23.3 Å². The highest BCUT2D eigenvalue weighted by molar-refractivity contribution is 5.66. The van der Waals surface area contributed by atoms with E-state index >= 15 is 0 Å². The molecule has 32 heavy (non-hydrogen) atoms. The molecular weight excluding hydrogens is 416 g/mol. The topological polar surface area (TPSA) is 9.23 Å². The molecular formula is C27H32F4O. The molecule has 5 heteroatoms. The Labute approximate surface area is 188 Å². The predicted octanol–water partition coefficient (Wildman–Crippen LogP) is 9.07. The van der Waals surface area contributed by atoms with E-state index in [9.17, 15) is 17.6 Å². The van der Waals surface area contributed by atoms with Crippen LogP contribution < -0.4 is 4.74 Å². The maximum absolute atomic E-state index is 15.0. The predicted molar refractivity (Wildman–Crippen MR) is 121 cm³/mol. The summed E-state index contributed by atoms with van der Waals surface area (Å²) in [7, 11) is 0. The largest absolute Gasteiger partial charge is 0.462 e. The normalized spacial score (nSPS) is 18.5. The molecule has 2 aromatic carbocycles. The lowest BCUT2D eigenvalue weighted by Gasteiger charge is -2.29. The molecule has 0 N–H and O–H groups in total. The highest BCUT2D eigenvalue weighted by atomic mass is 19.2. The van der Waals surface area contributed by atoms with Crippen LogP contribution in [0.2, 0.25) is 0 Å². The molecule has 0 radical (unpaired) electrons. The molecule has 1 nitrogen and oxygen atoms in total. The molecule has 1 fully saturated rings. The fraction of sp³-hybridized carbons (Fsp3) is 0.481. The molecule has 1 aliphatic rings. The van der Waals surface area contributed by atoms with Crippen LogP contribution in [-0.2, 0) is 0 Å². The summed E-state index contributed by atoms with van der Waals surface area (Å²) in [6, 6.07) is 5.22. The summed E-state index contributed by atoms with van der Waals surface area (Å²) >= 11 is 0. The van der Waals surface area contributed by atoms with Crippen LogP contribution in [0.25, 0.3) is 11.1 Å². The van der Waals surface area contributed by atoms with Crippen LogP contribution in [0.5, 0.6) is 5.75 Å². The van der Waals surface area contributed by atoms with Gasteiger partial charge in [0.15, 0.2) is 23.2 Å². The van der Waals surface area contributed by atoms with Crippen molar-refractivity contribution in [2.75, 3.05) is 0 Å². The zero-order valence-corrected chi connectivity index (χ0v) is 18.7. The Balaban J connectivity index is 1.68. The van der Waals surface area contributed by atoms with Gasteiger partial charge in [0.05, 0.1) is 6.26 Å². The number of ether oxygens (including phenoxy) is 1. The van der Waals surface area contributed by atoms with Gasteiger partial charge in [-0.25, -0.2) is 13.2 Å². The van der Waals surface area contributed by atoms with Crippen molar-refractivity contribution in [2.24, 2.45) is 5.92 Å². The van der Waals surface area contributed by atoms with Gasteiger partial charge in [0.25, 0.3) is 0 Å². The standard InChI is InChI=1S/C27H32F4O/c1-3-5-6-7-8-9-18-10-12-19(13-11-18)20-14-15-21(25(29)24(20)28)22-16-17-23(32-4-2)27(31)26(22)30/h4,14-19H,2-3,5-13H2,1H3. The van der Waals surface area contributed by atoms with Gasteiger partial charge in [-0.1, -0.05) is 64.2 Å². The smallest absolute Gasteiger partial charge is 0.201 e. The first kappa shape index (κ1) is 24.3. The molecule has 2 aromatic rings. The summed E-state index contributed by atoms with van der Waals surface area (Å²) in [5.74, 6) is -4.39. The molecule has 0 amide bonds. The Kier molecular flexibility index (Phi) is 8.77. The maximum Gasteiger partial charge on any atom is 0.201 e. The van der Waals surface area contributed by atoms with E-state index in [0.717, 1.165) is 31.9 Å². The van der Waals surface area contributed by atoms with Gasteiger partial charge >= 0.3 is 0 Å². The Bertz CT molecular complexity index is 916. The van der Waals surface area contributed by atoms with Gasteiger partial charge in [-0.05, 0) is 55.2 Å². The Hall–Kier alpha value is -2.30. The van der Waals surface area contributed by atoms with Crippen molar-refractivity contribution < 1.29 is 22.3 Å². The molecule has 0 aliphatic heterocycles. The second kappa shape index (κ2) is 11.5. The van der Waals surface area contributed by atoms with Crippen molar-refractivity contribution in [3.8, 4) is 16.9 Å². The van der Waals surface area contributed by atoms with Crippen LogP contribution in [0.4, 0.5) is 17.6 Å². The number of rotatable bonds is 10. The summed E-state index contributed by atoms with van der Waals surface area (Å²) in [4.78, 5) is 0. The Morgan fingerprint density at radius 1 is 0.812 bits per heavy atom. The number of unbranched alkanes of at least 4 members (excludes halogenated alkanes) is 4. The molecule has 174 valence electrons. The van der Waals surface area contributed by atoms with E-state index in [0.29, 0.717) is 11.5 Å². The van der Waals surface area contributed by atoms with Crippen molar-refractivity contribution in [3.05, 3.63) is 65.9 Å². The van der Waals surface area contributed by atoms with E-state index in [1.807, 2.05) is 0 Å². The Morgan fingerprint density at radius 2 is 1.44 bits per heavy atom. The lowest BCUT2D eigenvalue weighted by atomic mass is 9.76. The van der Waals surface area contributed by atoms with Crippen LogP contribution in [0.3, 0.4) is 0 Å². The number of halogens is 4. The van der Waals surface area contributed by atoms with E-state index in [-0.39, 0.29) is 22.8 Å². The van der Waals surface area contributed by atoms with Crippen LogP contribution in [-0.4, -0.2) is 0 Å². The van der Waals surface area contributed by atoms with E-state index in [1.165, 1.54) is 62.8 Å². The first-order chi connectivity index (χ1) is 15.5. The van der Waals surface area contributed by atoms with E-state index in [2.05, 4.69) is 13.5 Å². The van der Waals surface area contributed by atoms with Gasteiger partial charge in [0, 0.05) is 11.1 Å². The minimum absolute atomic E-state index is 0.0418. The van der Waals surface area contributed by atoms with Crippen molar-refractivity contribution in [1.29, 1.82) is 0 Å². The zero-order chi connectivity index (χ0) is 23.1. The molecule has 1 aliphatic carbocycles. The van der Waals surface area contributed by atoms with Crippen molar-refractivity contribution in [2.45, 2.75) is 77.0 Å². The van der Waals surface area contributed by atoms with E-state index in [4.69, 9.17) is 4.74 Å². The van der Waals surface area contributed by atoms with E-state index in [1.54, 1.807) is 0 Å². The highest BCUT2D eigenvalue weighted by Gasteiger charge is 2.27. The monoisotopic (exact) mass is 448 g/mol. The van der Waals surface area contributed by atoms with Gasteiger partial charge in [-0.2, -0.15) is 4.39 Å². The minimum Gasteiger partial charge on any atom is -0.462 e. The third-order valence-corrected chi connectivity index (χ3v) is 6.66. The molecule has 3 rings (SSSR count). The van der Waals surface area contributed by atoms with Crippen LogP contribution in [0, 0.1) is 29.2 Å². The fourth-order valence-corrected chi connectivity index (χ4v) is 4.81. The minimum atomic E-state index is -1.28. The maximum atomic E-state index is 15.0. The molecule has 0 saturated heterocycles. The lowest BCUT2D eigenvalue weighted by Crippen LogP contribution is -2.15. The molecule has 1 saturated carbocycles. The van der Waals surface area contributed by atoms with Crippen molar-refractivity contribution >= 4 is 0 Å². The summed E-state index contributed by atoms with van der Waals surface area (Å²) in [5, 5.41) is 0. The SMILES string of the molecule is C=COc1ccc(-c2ccc(C3CCC(CCCCCCC)CC3)c(F)c2F)c(F)c1F. The summed E-state index contributed by atoms with van der Waals surface area (Å²) in [6.07, 6.45) is 12.2. The molecule has 0 heterocycles. The van der Waals surface area contributed by atoms with Crippen molar-refractivity contribution in [3.63, 3.8) is 0 Å². The van der Waals surface area contributed by atoms with Crippen LogP contribution >= 0.6 is 0 Å². The molecule has 0 atom stereocenters. The molecule has 0 aromatic heterocycles. The number of benzene rings is 2. The van der Waals surface area contributed by atoms with Crippen LogP contribution in [0.1, 0.15) is 82.6 Å². The first-order valence-corrected chi connectivity index (χ1v) is 11.7. The van der Waals surface area contributed by atoms with Gasteiger partial charge in [0.1, 0.15) is 0 Å². The second-order valence-electron chi connectivity index (χ2n) is 8.77. The second-order valence-corrected chi connectivity index (χ2v) is 8.77. The van der Waals surface area contributed by atoms with Gasteiger partial charge < -0.3 is 4.74 Å². The molecule has 0 spiro atoms. The third kappa shape index (κ3) is 5.54. The Morgan fingerprint density at radius 3 is 2.09 bits per heavy atom. The van der Waals surface area contributed by atoms with Gasteiger partial charge in [0.2, 0.25) is 5.82 Å². The first-order valence-electron chi connectivity index (χ1n) is 11.7. The number of hydrogen-bond donors (Lipinski definition) is 0. The highest BCUT2D eigenvalue weighted by Crippen LogP contribution is 2.41. The summed E-state index contributed by atoms with van der Waals surface area (Å²) in [6.45, 7) is 5.50. The van der Waals surface area contributed by atoms with Crippen molar-refractivity contribution in [1.82, 2.24) is 0 Å². The summed E-state index contributed by atoms with van der Waals surface area (Å²) in [5.41, 5.74) is -0.303. The lowest BCUT2D eigenvalue weighted by molar-refractivity contribution is 0.297. The molecule has 0 bridgehead atoms. The number of hydrogen-bond acceptors (Lipinski definition) is 1. The van der Waals surface area contributed by atoms with Gasteiger partial charge in [-0.15, -0.1) is 0 Å². The fourth-order valence-electron chi connectivity index (χ4n) is 4.81. The zero-order valence-electron chi connectivity index (χ0n) is 18.7. The average Bonchev–Trinajstić information content (AvgIpc) is 2.80.